The number of aromatic carboxylic acids is 1. The van der Waals surface area contributed by atoms with Crippen LogP contribution in [0.3, 0.4) is 0 Å². The Kier molecular flexibility index (Phi) is 4.06. The molecule has 0 amide bonds. The van der Waals surface area contributed by atoms with Gasteiger partial charge in [-0.05, 0) is 6.07 Å². The molecule has 0 fully saturated rings. The van der Waals surface area contributed by atoms with Crippen LogP contribution in [0.1, 0.15) is 21.8 Å². The molecule has 1 rings (SSSR count). The first kappa shape index (κ1) is 13.0. The highest BCUT2D eigenvalue weighted by atomic mass is 16.5. The Morgan fingerprint density at radius 1 is 1.35 bits per heavy atom. The Bertz CT molecular complexity index is 440. The van der Waals surface area contributed by atoms with E-state index in [0.29, 0.717) is 0 Å². The summed E-state index contributed by atoms with van der Waals surface area (Å²) in [5.41, 5.74) is -0.302. The smallest absolute Gasteiger partial charge is 0.339 e. The summed E-state index contributed by atoms with van der Waals surface area (Å²) in [6, 6.07) is 3.94. The molecule has 6 nitrogen and oxygen atoms in total. The summed E-state index contributed by atoms with van der Waals surface area (Å²) < 4.78 is 4.74. The average molecular weight is 240 g/mol. The van der Waals surface area contributed by atoms with Crippen LogP contribution >= 0.6 is 0 Å². The van der Waals surface area contributed by atoms with Crippen LogP contribution < -0.4 is 0 Å². The predicted molar refractivity (Wildman–Crippen MR) is 57.3 cm³/mol. The zero-order valence-electron chi connectivity index (χ0n) is 9.08. The van der Waals surface area contributed by atoms with Gasteiger partial charge in [-0.3, -0.25) is 4.79 Å². The highest BCUT2D eigenvalue weighted by Crippen LogP contribution is 2.29. The SMILES string of the molecule is COCC(C(=O)O)c1cccc(C(=O)O)c1O. The normalized spacial score (nSPS) is 12.1. The van der Waals surface area contributed by atoms with Crippen molar-refractivity contribution in [3.63, 3.8) is 0 Å². The zero-order valence-corrected chi connectivity index (χ0v) is 9.08. The lowest BCUT2D eigenvalue weighted by molar-refractivity contribution is -0.140. The molecule has 0 aliphatic rings. The molecule has 1 unspecified atom stereocenters. The van der Waals surface area contributed by atoms with E-state index < -0.39 is 23.6 Å². The zero-order chi connectivity index (χ0) is 13.0. The van der Waals surface area contributed by atoms with E-state index >= 15 is 0 Å². The van der Waals surface area contributed by atoms with Crippen molar-refractivity contribution in [2.75, 3.05) is 13.7 Å². The molecule has 3 N–H and O–H groups in total. The lowest BCUT2D eigenvalue weighted by Gasteiger charge is -2.14. The van der Waals surface area contributed by atoms with Crippen LogP contribution in [-0.4, -0.2) is 41.0 Å². The van der Waals surface area contributed by atoms with Gasteiger partial charge in [0.15, 0.2) is 0 Å². The number of hydrogen-bond acceptors (Lipinski definition) is 4. The largest absolute Gasteiger partial charge is 0.507 e. The number of rotatable bonds is 5. The van der Waals surface area contributed by atoms with E-state index in [1.807, 2.05) is 0 Å². The van der Waals surface area contributed by atoms with Crippen LogP contribution in [0.25, 0.3) is 0 Å². The van der Waals surface area contributed by atoms with Gasteiger partial charge in [-0.25, -0.2) is 4.79 Å². The number of carboxylic acids is 2. The first-order valence-corrected chi connectivity index (χ1v) is 4.76. The summed E-state index contributed by atoms with van der Waals surface area (Å²) in [5.74, 6) is -4.14. The second-order valence-electron chi connectivity index (χ2n) is 3.39. The van der Waals surface area contributed by atoms with Crippen LogP contribution in [0.15, 0.2) is 18.2 Å². The van der Waals surface area contributed by atoms with Crippen LogP contribution in [0.5, 0.6) is 5.75 Å². The van der Waals surface area contributed by atoms with Gasteiger partial charge in [-0.2, -0.15) is 0 Å². The number of phenols is 1. The second-order valence-corrected chi connectivity index (χ2v) is 3.39. The van der Waals surface area contributed by atoms with Crippen LogP contribution in [0.4, 0.5) is 0 Å². The monoisotopic (exact) mass is 240 g/mol. The minimum atomic E-state index is -1.31. The Labute approximate surface area is 97.1 Å². The molecule has 0 spiro atoms. The van der Waals surface area contributed by atoms with Crippen molar-refractivity contribution < 1.29 is 29.6 Å². The van der Waals surface area contributed by atoms with Gasteiger partial charge >= 0.3 is 11.9 Å². The fourth-order valence-corrected chi connectivity index (χ4v) is 1.48. The molecule has 0 bridgehead atoms. The van der Waals surface area contributed by atoms with Crippen molar-refractivity contribution in [3.8, 4) is 5.75 Å². The highest BCUT2D eigenvalue weighted by Gasteiger charge is 2.25. The van der Waals surface area contributed by atoms with E-state index in [0.717, 1.165) is 0 Å². The first-order chi connectivity index (χ1) is 7.99. The minimum Gasteiger partial charge on any atom is -0.507 e. The van der Waals surface area contributed by atoms with E-state index in [1.54, 1.807) is 0 Å². The Morgan fingerprint density at radius 3 is 2.47 bits per heavy atom. The first-order valence-electron chi connectivity index (χ1n) is 4.76. The number of aliphatic carboxylic acids is 1. The van der Waals surface area contributed by atoms with Crippen molar-refractivity contribution in [1.82, 2.24) is 0 Å². The molecular formula is C11H12O6. The number of para-hydroxylation sites is 1. The summed E-state index contributed by atoms with van der Waals surface area (Å²) >= 11 is 0. The van der Waals surface area contributed by atoms with Crippen LogP contribution in [0, 0.1) is 0 Å². The van der Waals surface area contributed by atoms with E-state index in [2.05, 4.69) is 0 Å². The van der Waals surface area contributed by atoms with Gasteiger partial charge in [-0.15, -0.1) is 0 Å². The maximum atomic E-state index is 11.0. The molecule has 17 heavy (non-hydrogen) atoms. The summed E-state index contributed by atoms with van der Waals surface area (Å²) in [6.07, 6.45) is 0. The van der Waals surface area contributed by atoms with Gasteiger partial charge in [0.2, 0.25) is 0 Å². The maximum absolute atomic E-state index is 11.0. The van der Waals surface area contributed by atoms with Crippen LogP contribution in [0.2, 0.25) is 0 Å². The third-order valence-corrected chi connectivity index (χ3v) is 2.30. The van der Waals surface area contributed by atoms with Crippen molar-refractivity contribution in [3.05, 3.63) is 29.3 Å². The van der Waals surface area contributed by atoms with Crippen molar-refractivity contribution in [1.29, 1.82) is 0 Å². The standard InChI is InChI=1S/C11H12O6/c1-17-5-8(11(15)16)6-3-2-4-7(9(6)12)10(13)14/h2-4,8,12H,5H2,1H3,(H,13,14)(H,15,16). The molecule has 1 aromatic rings. The molecule has 0 saturated heterocycles. The number of methoxy groups -OCH3 is 1. The Balaban J connectivity index is 3.24. The maximum Gasteiger partial charge on any atom is 0.339 e. The molecule has 1 atom stereocenters. The molecule has 0 aliphatic carbocycles. The molecular weight excluding hydrogens is 228 g/mol. The third-order valence-electron chi connectivity index (χ3n) is 2.30. The molecule has 1 aromatic carbocycles. The number of aromatic hydroxyl groups is 1. The van der Waals surface area contributed by atoms with Crippen LogP contribution in [-0.2, 0) is 9.53 Å². The molecule has 0 heterocycles. The van der Waals surface area contributed by atoms with Gasteiger partial charge in [0.1, 0.15) is 17.2 Å². The minimum absolute atomic E-state index is 0.0271. The molecule has 0 saturated carbocycles. The van der Waals surface area contributed by atoms with Crippen molar-refractivity contribution >= 4 is 11.9 Å². The van der Waals surface area contributed by atoms with Gasteiger partial charge in [-0.1, -0.05) is 12.1 Å². The fraction of sp³-hybridized carbons (Fsp3) is 0.273. The van der Waals surface area contributed by atoms with E-state index in [4.69, 9.17) is 14.9 Å². The molecule has 92 valence electrons. The lowest BCUT2D eigenvalue weighted by atomic mass is 9.96. The van der Waals surface area contributed by atoms with Gasteiger partial charge in [0, 0.05) is 12.7 Å². The highest BCUT2D eigenvalue weighted by molar-refractivity contribution is 5.92. The van der Waals surface area contributed by atoms with Crippen molar-refractivity contribution in [2.45, 2.75) is 5.92 Å². The number of carboxylic acid groups (broad SMARTS) is 2. The molecule has 0 radical (unpaired) electrons. The summed E-state index contributed by atoms with van der Waals surface area (Å²) in [6.45, 7) is -0.147. The van der Waals surface area contributed by atoms with Gasteiger partial charge < -0.3 is 20.1 Å². The molecule has 6 heteroatoms. The predicted octanol–water partition coefficient (Wildman–Crippen LogP) is 0.905. The van der Waals surface area contributed by atoms with Crippen molar-refractivity contribution in [2.24, 2.45) is 0 Å². The second kappa shape index (κ2) is 5.31. The van der Waals surface area contributed by atoms with E-state index in [-0.39, 0.29) is 17.7 Å². The summed E-state index contributed by atoms with van der Waals surface area (Å²) in [7, 11) is 1.33. The number of ether oxygens (including phenoxy) is 1. The van der Waals surface area contributed by atoms with Gasteiger partial charge in [0.25, 0.3) is 0 Å². The van der Waals surface area contributed by atoms with E-state index in [1.165, 1.54) is 25.3 Å². The number of benzene rings is 1. The quantitative estimate of drug-likeness (QED) is 0.706. The third kappa shape index (κ3) is 2.73. The summed E-state index contributed by atoms with van der Waals surface area (Å²) in [4.78, 5) is 21.8. The lowest BCUT2D eigenvalue weighted by Crippen LogP contribution is -2.17. The Morgan fingerprint density at radius 2 is 2.00 bits per heavy atom. The number of carbonyl (C=O) groups is 2. The molecule has 0 aromatic heterocycles. The fourth-order valence-electron chi connectivity index (χ4n) is 1.48. The van der Waals surface area contributed by atoms with Gasteiger partial charge in [0.05, 0.1) is 6.61 Å². The van der Waals surface area contributed by atoms with E-state index in [9.17, 15) is 14.7 Å². The average Bonchev–Trinajstić information content (AvgIpc) is 2.26. The topological polar surface area (TPSA) is 104 Å². The Hall–Kier alpha value is -2.08. The summed E-state index contributed by atoms with van der Waals surface area (Å²) in [5, 5.41) is 27.5. The molecule has 0 aliphatic heterocycles. The number of hydrogen-bond donors (Lipinski definition) is 3.